The van der Waals surface area contributed by atoms with E-state index < -0.39 is 14.7 Å². The molecule has 0 N–H and O–H groups in total. The summed E-state index contributed by atoms with van der Waals surface area (Å²) in [6.07, 6.45) is 3.61. The summed E-state index contributed by atoms with van der Waals surface area (Å²) in [5.74, 6) is -3.03. The highest BCUT2D eigenvalue weighted by atomic mass is 79.9. The lowest BCUT2D eigenvalue weighted by molar-refractivity contribution is -0.0681. The van der Waals surface area contributed by atoms with Gasteiger partial charge in [0.15, 0.2) is 0 Å². The van der Waals surface area contributed by atoms with Gasteiger partial charge in [-0.25, -0.2) is 0 Å². The number of nitrogens with zero attached hydrogens (tertiary/aromatic N) is 4. The zero-order chi connectivity index (χ0) is 35.6. The first-order chi connectivity index (χ1) is 23.6. The Labute approximate surface area is 323 Å². The number of halogens is 6. The second-order valence-corrected chi connectivity index (χ2v) is 18.7. The van der Waals surface area contributed by atoms with Crippen molar-refractivity contribution in [1.82, 2.24) is 9.97 Å². The first kappa shape index (κ1) is 35.2. The topological polar surface area (TPSA) is 50.5 Å². The summed E-state index contributed by atoms with van der Waals surface area (Å²) in [5.41, 5.74) is 6.01. The summed E-state index contributed by atoms with van der Waals surface area (Å²) >= 11 is 14.7. The minimum absolute atomic E-state index is 0.0133. The van der Waals surface area contributed by atoms with E-state index in [4.69, 9.17) is 4.99 Å². The van der Waals surface area contributed by atoms with Gasteiger partial charge in [-0.15, -0.1) is 0 Å². The van der Waals surface area contributed by atoms with Crippen LogP contribution in [0.15, 0.2) is 128 Å². The third-order valence-corrected chi connectivity index (χ3v) is 13.0. The number of pyridine rings is 2. The molecule has 0 amide bonds. The number of alkyl halides is 4. The third-order valence-electron chi connectivity index (χ3n) is 9.19. The first-order valence-corrected chi connectivity index (χ1v) is 19.0. The minimum Gasteiger partial charge on any atom is -0.275 e. The monoisotopic (exact) mass is 920 g/mol. The van der Waals surface area contributed by atoms with E-state index in [1.54, 1.807) is 24.4 Å². The maximum absolute atomic E-state index is 14.8. The lowest BCUT2D eigenvalue weighted by Crippen LogP contribution is -2.44. The molecular weight excluding hydrogens is 894 g/mol. The highest BCUT2D eigenvalue weighted by molar-refractivity contribution is 9.24. The largest absolute Gasteiger partial charge is 0.297 e. The fraction of sp³-hybridized carbons (Fsp3) is 0.200. The Balaban J connectivity index is 0.000000157. The van der Waals surface area contributed by atoms with E-state index in [2.05, 4.69) is 123 Å². The van der Waals surface area contributed by atoms with Crippen LogP contribution in [0.5, 0.6) is 0 Å². The molecule has 0 saturated carbocycles. The normalized spacial score (nSPS) is 17.9. The van der Waals surface area contributed by atoms with Crippen molar-refractivity contribution >= 4 is 96.9 Å². The van der Waals surface area contributed by atoms with Gasteiger partial charge in [0.25, 0.3) is 5.92 Å². The lowest BCUT2D eigenvalue weighted by atomic mass is 9.81. The molecule has 4 nitrogen and oxygen atoms in total. The van der Waals surface area contributed by atoms with Gasteiger partial charge in [-0.3, -0.25) is 20.0 Å². The number of rotatable bonds is 2. The van der Waals surface area contributed by atoms with E-state index in [0.717, 1.165) is 53.2 Å². The van der Waals surface area contributed by atoms with Crippen molar-refractivity contribution in [2.45, 2.75) is 47.9 Å². The predicted octanol–water partition coefficient (Wildman–Crippen LogP) is 12.3. The number of aromatic nitrogens is 2. The zero-order valence-corrected chi connectivity index (χ0v) is 33.8. The minimum atomic E-state index is -3.03. The van der Waals surface area contributed by atoms with E-state index in [-0.39, 0.29) is 11.1 Å². The van der Waals surface area contributed by atoms with Gasteiger partial charge in [-0.1, -0.05) is 112 Å². The van der Waals surface area contributed by atoms with Crippen LogP contribution in [0.25, 0.3) is 21.8 Å². The Bertz CT molecular complexity index is 2220. The van der Waals surface area contributed by atoms with Crippen molar-refractivity contribution in [3.8, 4) is 0 Å². The van der Waals surface area contributed by atoms with Gasteiger partial charge in [0.05, 0.1) is 28.0 Å². The molecule has 2 aliphatic heterocycles. The van der Waals surface area contributed by atoms with Gasteiger partial charge in [-0.2, -0.15) is 8.78 Å². The molecule has 0 aliphatic carbocycles. The SMILES string of the molecule is CC1(C)N=C(c2cnc3ccc(Br)cc3c2)c2ccccc2C1(Br)Br.CC1(C)N=C(c2cnc3ccc(Br)cc3c2)c2ccccc2C1(F)F. The Morgan fingerprint density at radius 1 is 0.540 bits per heavy atom. The first-order valence-electron chi connectivity index (χ1n) is 15.9. The van der Waals surface area contributed by atoms with Crippen molar-refractivity contribution in [3.05, 3.63) is 152 Å². The van der Waals surface area contributed by atoms with Crippen molar-refractivity contribution in [1.29, 1.82) is 0 Å². The van der Waals surface area contributed by atoms with Gasteiger partial charge >= 0.3 is 0 Å². The quantitative estimate of drug-likeness (QED) is 0.163. The summed E-state index contributed by atoms with van der Waals surface area (Å²) in [4.78, 5) is 18.6. The number of hydrogen-bond acceptors (Lipinski definition) is 4. The molecule has 252 valence electrons. The van der Waals surface area contributed by atoms with Gasteiger partial charge in [0, 0.05) is 59.9 Å². The van der Waals surface area contributed by atoms with Crippen LogP contribution in [0.4, 0.5) is 8.78 Å². The molecule has 0 fully saturated rings. The van der Waals surface area contributed by atoms with Crippen LogP contribution in [0.3, 0.4) is 0 Å². The molecule has 4 aromatic carbocycles. The average Bonchev–Trinajstić information content (AvgIpc) is 3.08. The molecule has 0 spiro atoms. The highest BCUT2D eigenvalue weighted by Crippen LogP contribution is 2.53. The molecule has 4 heterocycles. The summed E-state index contributed by atoms with van der Waals surface area (Å²) in [5, 5.41) is 2.03. The van der Waals surface area contributed by atoms with E-state index in [1.165, 1.54) is 25.5 Å². The van der Waals surface area contributed by atoms with E-state index in [0.29, 0.717) is 11.3 Å². The Hall–Kier alpha value is -3.18. The van der Waals surface area contributed by atoms with Gasteiger partial charge < -0.3 is 0 Å². The fourth-order valence-electron chi connectivity index (χ4n) is 6.31. The Morgan fingerprint density at radius 3 is 1.50 bits per heavy atom. The van der Waals surface area contributed by atoms with Gasteiger partial charge in [0.1, 0.15) is 8.77 Å². The zero-order valence-electron chi connectivity index (χ0n) is 27.4. The summed E-state index contributed by atoms with van der Waals surface area (Å²) in [6.45, 7) is 7.18. The average molecular weight is 924 g/mol. The summed E-state index contributed by atoms with van der Waals surface area (Å²) in [6, 6.07) is 31.0. The standard InChI is InChI=1S/C20H15Br3N2.C20H15BrF2N2/c2*1-19(2)20(22,23)16-6-4-3-5-15(16)18(25-19)13-9-12-10-14(21)7-8-17(12)24-11-13/h2*3-11H,1-2H3. The van der Waals surface area contributed by atoms with Crippen LogP contribution in [-0.2, 0) is 9.16 Å². The Kier molecular flexibility index (Phi) is 9.02. The Morgan fingerprint density at radius 2 is 0.980 bits per heavy atom. The maximum atomic E-state index is 14.8. The van der Waals surface area contributed by atoms with Crippen LogP contribution in [0.1, 0.15) is 61.1 Å². The molecule has 8 rings (SSSR count). The molecule has 2 aliphatic rings. The maximum Gasteiger partial charge on any atom is 0.297 e. The molecule has 50 heavy (non-hydrogen) atoms. The third kappa shape index (κ3) is 6.10. The van der Waals surface area contributed by atoms with Crippen molar-refractivity contribution in [2.24, 2.45) is 9.98 Å². The molecule has 2 aromatic heterocycles. The molecule has 6 aromatic rings. The summed E-state index contributed by atoms with van der Waals surface area (Å²) < 4.78 is 31.3. The van der Waals surface area contributed by atoms with Crippen LogP contribution in [0, 0.1) is 0 Å². The van der Waals surface area contributed by atoms with Crippen molar-refractivity contribution < 1.29 is 8.78 Å². The molecule has 10 heteroatoms. The number of hydrogen-bond donors (Lipinski definition) is 0. The molecule has 0 saturated heterocycles. The van der Waals surface area contributed by atoms with Crippen LogP contribution in [-0.4, -0.2) is 32.5 Å². The lowest BCUT2D eigenvalue weighted by Gasteiger charge is -2.41. The van der Waals surface area contributed by atoms with Gasteiger partial charge in [0.2, 0.25) is 0 Å². The second kappa shape index (κ2) is 12.8. The summed E-state index contributed by atoms with van der Waals surface area (Å²) in [7, 11) is 0. The molecule has 0 bridgehead atoms. The molecule has 0 radical (unpaired) electrons. The molecule has 0 unspecified atom stereocenters. The highest BCUT2D eigenvalue weighted by Gasteiger charge is 2.52. The van der Waals surface area contributed by atoms with E-state index >= 15 is 0 Å². The van der Waals surface area contributed by atoms with Crippen LogP contribution in [0.2, 0.25) is 0 Å². The predicted molar refractivity (Wildman–Crippen MR) is 215 cm³/mol. The number of benzene rings is 4. The van der Waals surface area contributed by atoms with E-state index in [9.17, 15) is 8.78 Å². The van der Waals surface area contributed by atoms with E-state index in [1.807, 2.05) is 48.7 Å². The molecular formula is C40H30Br4F2N4. The van der Waals surface area contributed by atoms with Crippen LogP contribution < -0.4 is 0 Å². The second-order valence-electron chi connectivity index (χ2n) is 13.4. The van der Waals surface area contributed by atoms with Gasteiger partial charge in [-0.05, 0) is 81.8 Å². The number of aliphatic imine (C=N–C) groups is 2. The fourth-order valence-corrected chi connectivity index (χ4v) is 7.94. The van der Waals surface area contributed by atoms with Crippen molar-refractivity contribution in [2.75, 3.05) is 0 Å². The molecule has 0 atom stereocenters. The van der Waals surface area contributed by atoms with Crippen molar-refractivity contribution in [3.63, 3.8) is 0 Å². The van der Waals surface area contributed by atoms with Crippen LogP contribution >= 0.6 is 63.7 Å². The smallest absolute Gasteiger partial charge is 0.275 e. The number of fused-ring (bicyclic) bond motifs is 4.